The normalized spacial score (nSPS) is 18.4. The molecule has 3 aromatic heterocycles. The van der Waals surface area contributed by atoms with Crippen molar-refractivity contribution in [2.45, 2.75) is 32.9 Å². The zero-order chi connectivity index (χ0) is 21.5. The molecule has 7 heteroatoms. The molecule has 1 saturated heterocycles. The maximum Gasteiger partial charge on any atom is 0.193 e. The molecule has 0 saturated carbocycles. The lowest BCUT2D eigenvalue weighted by Gasteiger charge is -2.28. The van der Waals surface area contributed by atoms with E-state index in [-0.39, 0.29) is 12.1 Å². The van der Waals surface area contributed by atoms with E-state index in [0.29, 0.717) is 5.11 Å². The third-order valence-corrected chi connectivity index (χ3v) is 6.85. The molecule has 2 atom stereocenters. The Morgan fingerprint density at radius 2 is 1.87 bits per heavy atom. The van der Waals surface area contributed by atoms with E-state index in [1.807, 2.05) is 29.9 Å². The molecule has 0 radical (unpaired) electrons. The number of nitrogens with one attached hydrogen (secondary N) is 1. The largest absolute Gasteiger partial charge is 0.351 e. The first kappa shape index (κ1) is 19.9. The lowest BCUT2D eigenvalue weighted by atomic mass is 9.96. The van der Waals surface area contributed by atoms with Crippen LogP contribution in [0.3, 0.4) is 0 Å². The molecule has 4 heterocycles. The van der Waals surface area contributed by atoms with Crippen LogP contribution in [0.15, 0.2) is 66.3 Å². The third-order valence-electron chi connectivity index (χ3n) is 5.78. The lowest BCUT2D eigenvalue weighted by molar-refractivity contribution is 0.565. The zero-order valence-electron chi connectivity index (χ0n) is 17.6. The average molecular weight is 446 g/mol. The minimum absolute atomic E-state index is 0.0240. The SMILES string of the molecule is Cc1cccc(N2C(=S)N[C@@H](c3ccccn3)[C@@H]2c2cc(C)n(-c3nccs3)c2C)c1. The Kier molecular flexibility index (Phi) is 5.08. The van der Waals surface area contributed by atoms with Crippen LogP contribution in [0.25, 0.3) is 5.13 Å². The second-order valence-corrected chi connectivity index (χ2v) is 9.07. The standard InChI is InChI=1S/C24H23N5S2/c1-15-7-6-8-18(13-15)29-22(21(27-23(29)30)20-9-4-5-10-25-20)19-14-16(2)28(17(19)3)24-26-11-12-31-24/h4-14,21-22H,1-3H3,(H,27,30)/t21-,22-/m0/s1. The first-order valence-electron chi connectivity index (χ1n) is 10.2. The van der Waals surface area contributed by atoms with E-state index in [0.717, 1.165) is 22.2 Å². The Labute approximate surface area is 191 Å². The quantitative estimate of drug-likeness (QED) is 0.424. The van der Waals surface area contributed by atoms with Crippen molar-refractivity contribution in [3.05, 3.63) is 94.5 Å². The summed E-state index contributed by atoms with van der Waals surface area (Å²) in [4.78, 5) is 11.4. The van der Waals surface area contributed by atoms with Gasteiger partial charge in [0, 0.05) is 34.8 Å². The molecule has 1 aliphatic heterocycles. The van der Waals surface area contributed by atoms with Gasteiger partial charge >= 0.3 is 0 Å². The van der Waals surface area contributed by atoms with Crippen molar-refractivity contribution in [1.29, 1.82) is 0 Å². The van der Waals surface area contributed by atoms with E-state index in [4.69, 9.17) is 12.2 Å². The molecule has 156 valence electrons. The van der Waals surface area contributed by atoms with E-state index in [2.05, 4.69) is 81.9 Å². The summed E-state index contributed by atoms with van der Waals surface area (Å²) in [5, 5.41) is 7.25. The summed E-state index contributed by atoms with van der Waals surface area (Å²) in [5.74, 6) is 0. The highest BCUT2D eigenvalue weighted by molar-refractivity contribution is 7.80. The first-order chi connectivity index (χ1) is 15.0. The number of benzene rings is 1. The van der Waals surface area contributed by atoms with Crippen molar-refractivity contribution in [3.8, 4) is 5.13 Å². The molecule has 5 nitrogen and oxygen atoms in total. The molecule has 0 unspecified atom stereocenters. The fourth-order valence-electron chi connectivity index (χ4n) is 4.43. The summed E-state index contributed by atoms with van der Waals surface area (Å²) < 4.78 is 2.23. The number of hydrogen-bond donors (Lipinski definition) is 1. The number of rotatable bonds is 4. The zero-order valence-corrected chi connectivity index (χ0v) is 19.2. The van der Waals surface area contributed by atoms with Gasteiger partial charge in [0.25, 0.3) is 0 Å². The molecule has 0 spiro atoms. The minimum Gasteiger partial charge on any atom is -0.351 e. The number of thiocarbonyl (C=S) groups is 1. The maximum absolute atomic E-state index is 5.85. The molecule has 1 aromatic carbocycles. The highest BCUT2D eigenvalue weighted by Crippen LogP contribution is 2.43. The van der Waals surface area contributed by atoms with Crippen LogP contribution in [-0.2, 0) is 0 Å². The van der Waals surface area contributed by atoms with Crippen molar-refractivity contribution >= 4 is 34.4 Å². The van der Waals surface area contributed by atoms with Gasteiger partial charge in [-0.25, -0.2) is 4.98 Å². The Bertz CT molecular complexity index is 1230. The number of pyridine rings is 1. The number of anilines is 1. The molecule has 5 rings (SSSR count). The predicted octanol–water partition coefficient (Wildman–Crippen LogP) is 5.43. The van der Waals surface area contributed by atoms with Gasteiger partial charge in [0.2, 0.25) is 0 Å². The second kappa shape index (κ2) is 7.90. The molecule has 4 aromatic rings. The Balaban J connectivity index is 1.69. The van der Waals surface area contributed by atoms with Gasteiger partial charge in [-0.1, -0.05) is 18.2 Å². The summed E-state index contributed by atoms with van der Waals surface area (Å²) in [6, 6.07) is 16.7. The van der Waals surface area contributed by atoms with Gasteiger partial charge in [0.05, 0.1) is 17.8 Å². The van der Waals surface area contributed by atoms with E-state index in [1.165, 1.54) is 16.8 Å². The molecular weight excluding hydrogens is 422 g/mol. The highest BCUT2D eigenvalue weighted by Gasteiger charge is 2.42. The van der Waals surface area contributed by atoms with Gasteiger partial charge in [-0.05, 0) is 74.4 Å². The van der Waals surface area contributed by atoms with Crippen LogP contribution >= 0.6 is 23.6 Å². The summed E-state index contributed by atoms with van der Waals surface area (Å²) in [5.41, 5.74) is 6.81. The van der Waals surface area contributed by atoms with Crippen LogP contribution in [0.5, 0.6) is 0 Å². The number of hydrogen-bond acceptors (Lipinski definition) is 4. The molecule has 1 aliphatic rings. The van der Waals surface area contributed by atoms with Gasteiger partial charge in [-0.15, -0.1) is 11.3 Å². The third kappa shape index (κ3) is 3.43. The summed E-state index contributed by atoms with van der Waals surface area (Å²) in [6.07, 6.45) is 3.69. The average Bonchev–Trinajstić information content (AvgIpc) is 3.46. The van der Waals surface area contributed by atoms with Gasteiger partial charge in [0.15, 0.2) is 10.2 Å². The highest BCUT2D eigenvalue weighted by atomic mass is 32.1. The Morgan fingerprint density at radius 3 is 2.58 bits per heavy atom. The van der Waals surface area contributed by atoms with Crippen LogP contribution in [0.2, 0.25) is 0 Å². The fraction of sp³-hybridized carbons (Fsp3) is 0.208. The van der Waals surface area contributed by atoms with E-state index in [9.17, 15) is 0 Å². The van der Waals surface area contributed by atoms with Crippen LogP contribution in [-0.4, -0.2) is 19.6 Å². The number of aromatic nitrogens is 3. The van der Waals surface area contributed by atoms with Crippen molar-refractivity contribution in [3.63, 3.8) is 0 Å². The monoisotopic (exact) mass is 445 g/mol. The molecule has 1 fully saturated rings. The molecule has 0 aliphatic carbocycles. The van der Waals surface area contributed by atoms with Crippen molar-refractivity contribution in [1.82, 2.24) is 19.9 Å². The van der Waals surface area contributed by atoms with Crippen LogP contribution in [0, 0.1) is 20.8 Å². The van der Waals surface area contributed by atoms with Crippen molar-refractivity contribution in [2.75, 3.05) is 4.90 Å². The van der Waals surface area contributed by atoms with Crippen LogP contribution in [0.4, 0.5) is 5.69 Å². The Hall–Kier alpha value is -3.03. The van der Waals surface area contributed by atoms with E-state index in [1.54, 1.807) is 11.3 Å². The molecule has 31 heavy (non-hydrogen) atoms. The van der Waals surface area contributed by atoms with Gasteiger partial charge in [-0.3, -0.25) is 9.55 Å². The molecule has 0 bridgehead atoms. The van der Waals surface area contributed by atoms with Gasteiger partial charge in [-0.2, -0.15) is 0 Å². The summed E-state index contributed by atoms with van der Waals surface area (Å²) >= 11 is 7.49. The van der Waals surface area contributed by atoms with E-state index >= 15 is 0 Å². The molecular formula is C24H23N5S2. The maximum atomic E-state index is 5.85. The van der Waals surface area contributed by atoms with Gasteiger partial charge < -0.3 is 10.2 Å². The lowest BCUT2D eigenvalue weighted by Crippen LogP contribution is -2.29. The smallest absolute Gasteiger partial charge is 0.193 e. The van der Waals surface area contributed by atoms with Crippen molar-refractivity contribution < 1.29 is 0 Å². The summed E-state index contributed by atoms with van der Waals surface area (Å²) in [6.45, 7) is 6.40. The number of aryl methyl sites for hydroxylation is 2. The summed E-state index contributed by atoms with van der Waals surface area (Å²) in [7, 11) is 0. The Morgan fingerprint density at radius 1 is 1.00 bits per heavy atom. The minimum atomic E-state index is -0.0561. The first-order valence-corrected chi connectivity index (χ1v) is 11.5. The predicted molar refractivity (Wildman–Crippen MR) is 130 cm³/mol. The van der Waals surface area contributed by atoms with E-state index < -0.39 is 0 Å². The topological polar surface area (TPSA) is 46.0 Å². The molecule has 1 N–H and O–H groups in total. The van der Waals surface area contributed by atoms with Crippen LogP contribution in [0.1, 0.15) is 40.3 Å². The fourth-order valence-corrected chi connectivity index (χ4v) is 5.53. The van der Waals surface area contributed by atoms with Crippen molar-refractivity contribution in [2.24, 2.45) is 0 Å². The van der Waals surface area contributed by atoms with Crippen LogP contribution < -0.4 is 10.2 Å². The number of thiazole rings is 1. The molecule has 0 amide bonds. The van der Waals surface area contributed by atoms with Gasteiger partial charge in [0.1, 0.15) is 0 Å². The number of nitrogens with zero attached hydrogens (tertiary/aromatic N) is 4. The second-order valence-electron chi connectivity index (χ2n) is 7.81.